The van der Waals surface area contributed by atoms with Crippen molar-refractivity contribution < 1.29 is 19.1 Å². The monoisotopic (exact) mass is 237 g/mol. The fraction of sp³-hybridized carbons (Fsp3) is 0.333. The van der Waals surface area contributed by atoms with Gasteiger partial charge < -0.3 is 14.8 Å². The van der Waals surface area contributed by atoms with E-state index in [9.17, 15) is 9.59 Å². The highest BCUT2D eigenvalue weighted by Gasteiger charge is 2.13. The molecule has 0 aliphatic rings. The molecule has 0 spiro atoms. The van der Waals surface area contributed by atoms with E-state index in [0.717, 1.165) is 18.4 Å². The second-order valence-corrected chi connectivity index (χ2v) is 3.36. The smallest absolute Gasteiger partial charge is 0.396 e. The highest BCUT2D eigenvalue weighted by Crippen LogP contribution is 2.21. The predicted octanol–water partition coefficient (Wildman–Crippen LogP) is 1.51. The minimum atomic E-state index is -0.920. The molecule has 5 nitrogen and oxygen atoms in total. The summed E-state index contributed by atoms with van der Waals surface area (Å²) < 4.78 is 9.66. The number of amides is 1. The van der Waals surface area contributed by atoms with Crippen LogP contribution in [0.3, 0.4) is 0 Å². The maximum Gasteiger partial charge on any atom is 0.396 e. The Bertz CT molecular complexity index is 429. The van der Waals surface area contributed by atoms with Crippen LogP contribution in [0.1, 0.15) is 12.5 Å². The van der Waals surface area contributed by atoms with Crippen molar-refractivity contribution in [1.29, 1.82) is 0 Å². The lowest BCUT2D eigenvalue weighted by atomic mass is 10.2. The van der Waals surface area contributed by atoms with Gasteiger partial charge in [0.25, 0.3) is 0 Å². The molecule has 1 amide bonds. The van der Waals surface area contributed by atoms with E-state index >= 15 is 0 Å². The van der Waals surface area contributed by atoms with Gasteiger partial charge in [-0.25, -0.2) is 4.79 Å². The van der Waals surface area contributed by atoms with Crippen molar-refractivity contribution in [3.05, 3.63) is 23.8 Å². The van der Waals surface area contributed by atoms with Crippen LogP contribution >= 0.6 is 0 Å². The number of anilines is 1. The van der Waals surface area contributed by atoms with E-state index in [1.165, 1.54) is 0 Å². The first-order valence-electron chi connectivity index (χ1n) is 5.21. The lowest BCUT2D eigenvalue weighted by Gasteiger charge is -2.09. The molecule has 0 fully saturated rings. The Hall–Kier alpha value is -2.04. The molecule has 0 atom stereocenters. The summed E-state index contributed by atoms with van der Waals surface area (Å²) >= 11 is 0. The van der Waals surface area contributed by atoms with Gasteiger partial charge in [0.1, 0.15) is 5.75 Å². The first kappa shape index (κ1) is 13.0. The third-order valence-electron chi connectivity index (χ3n) is 2.10. The summed E-state index contributed by atoms with van der Waals surface area (Å²) in [6, 6.07) is 5.14. The molecule has 0 saturated carbocycles. The molecule has 0 saturated heterocycles. The number of ether oxygens (including phenoxy) is 2. The second kappa shape index (κ2) is 5.89. The van der Waals surface area contributed by atoms with Gasteiger partial charge in [-0.15, -0.1) is 0 Å². The number of hydrogen-bond acceptors (Lipinski definition) is 4. The molecule has 1 N–H and O–H groups in total. The van der Waals surface area contributed by atoms with E-state index < -0.39 is 11.9 Å². The van der Waals surface area contributed by atoms with Gasteiger partial charge in [-0.3, -0.25) is 4.79 Å². The van der Waals surface area contributed by atoms with Crippen molar-refractivity contribution in [3.63, 3.8) is 0 Å². The van der Waals surface area contributed by atoms with Crippen molar-refractivity contribution in [2.24, 2.45) is 0 Å². The van der Waals surface area contributed by atoms with E-state index in [-0.39, 0.29) is 0 Å². The minimum Gasteiger partial charge on any atom is -0.494 e. The van der Waals surface area contributed by atoms with Crippen LogP contribution in [0.2, 0.25) is 0 Å². The molecule has 0 unspecified atom stereocenters. The van der Waals surface area contributed by atoms with Crippen LogP contribution in [0.4, 0.5) is 5.69 Å². The minimum absolute atomic E-state index is 0.529. The molecule has 1 aromatic rings. The Labute approximate surface area is 99.7 Å². The zero-order valence-corrected chi connectivity index (χ0v) is 10.1. The van der Waals surface area contributed by atoms with E-state index in [1.54, 1.807) is 18.2 Å². The predicted molar refractivity (Wildman–Crippen MR) is 63.0 cm³/mol. The lowest BCUT2D eigenvalue weighted by Crippen LogP contribution is -2.23. The number of esters is 1. The maximum atomic E-state index is 11.2. The third kappa shape index (κ3) is 3.48. The Morgan fingerprint density at radius 3 is 2.59 bits per heavy atom. The third-order valence-corrected chi connectivity index (χ3v) is 2.10. The average Bonchev–Trinajstić information content (AvgIpc) is 2.31. The maximum absolute atomic E-state index is 11.2. The van der Waals surface area contributed by atoms with Crippen molar-refractivity contribution in [2.45, 2.75) is 13.8 Å². The number of aryl methyl sites for hydroxylation is 1. The van der Waals surface area contributed by atoms with Crippen LogP contribution in [-0.4, -0.2) is 25.6 Å². The molecule has 0 bridgehead atoms. The number of methoxy groups -OCH3 is 1. The van der Waals surface area contributed by atoms with Gasteiger partial charge in [-0.05, 0) is 37.6 Å². The normalized spacial score (nSPS) is 9.59. The van der Waals surface area contributed by atoms with Crippen molar-refractivity contribution in [1.82, 2.24) is 0 Å². The average molecular weight is 237 g/mol. The van der Waals surface area contributed by atoms with E-state index in [2.05, 4.69) is 10.1 Å². The van der Waals surface area contributed by atoms with E-state index in [0.29, 0.717) is 12.3 Å². The summed E-state index contributed by atoms with van der Waals surface area (Å²) in [5, 5.41) is 2.43. The zero-order valence-electron chi connectivity index (χ0n) is 10.1. The summed E-state index contributed by atoms with van der Waals surface area (Å²) in [5.74, 6) is -0.962. The fourth-order valence-electron chi connectivity index (χ4n) is 1.32. The van der Waals surface area contributed by atoms with Gasteiger partial charge in [0.05, 0.1) is 13.7 Å². The molecular formula is C12H15NO4. The van der Waals surface area contributed by atoms with Gasteiger partial charge in [0.2, 0.25) is 0 Å². The van der Waals surface area contributed by atoms with Crippen molar-refractivity contribution in [3.8, 4) is 5.75 Å². The number of carbonyl (C=O) groups excluding carboxylic acids is 2. The van der Waals surface area contributed by atoms with Crippen LogP contribution in [0.5, 0.6) is 5.75 Å². The lowest BCUT2D eigenvalue weighted by molar-refractivity contribution is -0.150. The fourth-order valence-corrected chi connectivity index (χ4v) is 1.32. The summed E-state index contributed by atoms with van der Waals surface area (Å²) in [6.45, 7) is 4.33. The Kier molecular flexibility index (Phi) is 4.51. The molecule has 0 radical (unpaired) electrons. The van der Waals surface area contributed by atoms with Gasteiger partial charge in [-0.1, -0.05) is 0 Å². The number of nitrogens with one attached hydrogen (secondary N) is 1. The molecule has 1 aromatic carbocycles. The highest BCUT2D eigenvalue weighted by molar-refractivity contribution is 6.37. The largest absolute Gasteiger partial charge is 0.494 e. The summed E-state index contributed by atoms with van der Waals surface area (Å²) in [4.78, 5) is 22.2. The summed E-state index contributed by atoms with van der Waals surface area (Å²) in [5.41, 5.74) is 1.41. The standard InChI is InChI=1S/C12H15NO4/c1-4-17-10-6-5-9(7-8(10)2)13-11(14)12(15)16-3/h5-7H,4H2,1-3H3,(H,13,14). The summed E-state index contributed by atoms with van der Waals surface area (Å²) in [7, 11) is 1.16. The Morgan fingerprint density at radius 2 is 2.06 bits per heavy atom. The van der Waals surface area contributed by atoms with Crippen LogP contribution in [-0.2, 0) is 14.3 Å². The van der Waals surface area contributed by atoms with Gasteiger partial charge in [0, 0.05) is 5.69 Å². The summed E-state index contributed by atoms with van der Waals surface area (Å²) in [6.07, 6.45) is 0. The van der Waals surface area contributed by atoms with Crippen molar-refractivity contribution in [2.75, 3.05) is 19.0 Å². The van der Waals surface area contributed by atoms with Gasteiger partial charge in [-0.2, -0.15) is 0 Å². The molecular weight excluding hydrogens is 222 g/mol. The van der Waals surface area contributed by atoms with Crippen LogP contribution < -0.4 is 10.1 Å². The molecule has 0 heterocycles. The van der Waals surface area contributed by atoms with Crippen LogP contribution in [0.25, 0.3) is 0 Å². The zero-order chi connectivity index (χ0) is 12.8. The highest BCUT2D eigenvalue weighted by atomic mass is 16.5. The Morgan fingerprint density at radius 1 is 1.35 bits per heavy atom. The molecule has 0 aliphatic heterocycles. The van der Waals surface area contributed by atoms with Gasteiger partial charge >= 0.3 is 11.9 Å². The van der Waals surface area contributed by atoms with Crippen molar-refractivity contribution >= 4 is 17.6 Å². The number of carbonyl (C=O) groups is 2. The first-order chi connectivity index (χ1) is 8.08. The second-order valence-electron chi connectivity index (χ2n) is 3.36. The number of rotatable bonds is 3. The number of hydrogen-bond donors (Lipinski definition) is 1. The quantitative estimate of drug-likeness (QED) is 0.639. The number of benzene rings is 1. The van der Waals surface area contributed by atoms with Crippen LogP contribution in [0.15, 0.2) is 18.2 Å². The van der Waals surface area contributed by atoms with Crippen LogP contribution in [0, 0.1) is 6.92 Å². The molecule has 92 valence electrons. The van der Waals surface area contributed by atoms with E-state index in [1.807, 2.05) is 13.8 Å². The van der Waals surface area contributed by atoms with E-state index in [4.69, 9.17) is 4.74 Å². The molecule has 17 heavy (non-hydrogen) atoms. The Balaban J connectivity index is 2.77. The molecule has 0 aliphatic carbocycles. The SMILES string of the molecule is CCOc1ccc(NC(=O)C(=O)OC)cc1C. The molecule has 1 rings (SSSR count). The topological polar surface area (TPSA) is 64.6 Å². The molecule has 0 aromatic heterocycles. The molecule has 5 heteroatoms. The van der Waals surface area contributed by atoms with Gasteiger partial charge in [0.15, 0.2) is 0 Å². The first-order valence-corrected chi connectivity index (χ1v) is 5.21.